The predicted molar refractivity (Wildman–Crippen MR) is 69.5 cm³/mol. The fraction of sp³-hybridized carbons (Fsp3) is 0.143. The van der Waals surface area contributed by atoms with E-state index in [-0.39, 0.29) is 0 Å². The number of hydrogen-bond acceptors (Lipinski definition) is 2. The minimum absolute atomic E-state index is 0.700. The van der Waals surface area contributed by atoms with Gasteiger partial charge in [-0.15, -0.1) is 11.3 Å². The highest BCUT2D eigenvalue weighted by Gasteiger charge is 1.95. The molecule has 2 rings (SSSR count). The van der Waals surface area contributed by atoms with Gasteiger partial charge in [-0.25, -0.2) is 0 Å². The monoisotopic (exact) mass is 227 g/mol. The maximum absolute atomic E-state index is 5.51. The summed E-state index contributed by atoms with van der Waals surface area (Å²) in [5, 5.41) is 0. The van der Waals surface area contributed by atoms with Crippen LogP contribution in [0.3, 0.4) is 0 Å². The van der Waals surface area contributed by atoms with Gasteiger partial charge in [0.2, 0.25) is 0 Å². The van der Waals surface area contributed by atoms with Crippen molar-refractivity contribution in [3.63, 3.8) is 0 Å². The van der Waals surface area contributed by atoms with Crippen molar-refractivity contribution < 1.29 is 0 Å². The van der Waals surface area contributed by atoms with E-state index in [1.165, 1.54) is 4.88 Å². The lowest BCUT2D eigenvalue weighted by molar-refractivity contribution is 0.989. The smallest absolute Gasteiger partial charge is 0.0775 e. The van der Waals surface area contributed by atoms with E-state index < -0.39 is 0 Å². The molecule has 1 aromatic heterocycles. The standard InChI is InChI=1S/C14H13NS/c15-11-10-14-9-8-13(16-14)7-6-12-4-2-1-3-5-12/h1-5,8-9H,10-11,15H2. The average Bonchev–Trinajstić information content (AvgIpc) is 2.76. The average molecular weight is 227 g/mol. The Bertz CT molecular complexity index is 502. The lowest BCUT2D eigenvalue weighted by atomic mass is 10.2. The largest absolute Gasteiger partial charge is 0.330 e. The first kappa shape index (κ1) is 10.9. The summed E-state index contributed by atoms with van der Waals surface area (Å²) in [4.78, 5) is 2.41. The molecule has 0 spiro atoms. The van der Waals surface area contributed by atoms with Gasteiger partial charge < -0.3 is 5.73 Å². The lowest BCUT2D eigenvalue weighted by Gasteiger charge is -1.88. The van der Waals surface area contributed by atoms with Crippen LogP contribution in [0, 0.1) is 11.8 Å². The Labute approximate surface area is 99.9 Å². The van der Waals surface area contributed by atoms with E-state index in [9.17, 15) is 0 Å². The van der Waals surface area contributed by atoms with Crippen molar-refractivity contribution in [2.45, 2.75) is 6.42 Å². The zero-order valence-electron chi connectivity index (χ0n) is 8.94. The third-order valence-corrected chi connectivity index (χ3v) is 3.22. The minimum Gasteiger partial charge on any atom is -0.330 e. The summed E-state index contributed by atoms with van der Waals surface area (Å²) in [5.74, 6) is 6.31. The molecule has 0 radical (unpaired) electrons. The normalized spacial score (nSPS) is 9.56. The minimum atomic E-state index is 0.700. The molecular formula is C14H13NS. The van der Waals surface area contributed by atoms with E-state index >= 15 is 0 Å². The number of hydrogen-bond donors (Lipinski definition) is 1. The van der Waals surface area contributed by atoms with Crippen molar-refractivity contribution in [1.82, 2.24) is 0 Å². The van der Waals surface area contributed by atoms with Crippen LogP contribution in [0.4, 0.5) is 0 Å². The highest BCUT2D eigenvalue weighted by atomic mass is 32.1. The summed E-state index contributed by atoms with van der Waals surface area (Å²) < 4.78 is 0. The molecule has 0 saturated carbocycles. The van der Waals surface area contributed by atoms with E-state index in [1.54, 1.807) is 11.3 Å². The van der Waals surface area contributed by atoms with Crippen molar-refractivity contribution in [3.05, 3.63) is 57.8 Å². The molecule has 2 N–H and O–H groups in total. The first-order chi connectivity index (χ1) is 7.88. The van der Waals surface area contributed by atoms with Crippen LogP contribution in [0.25, 0.3) is 0 Å². The second-order valence-corrected chi connectivity index (χ2v) is 4.59. The highest BCUT2D eigenvalue weighted by molar-refractivity contribution is 7.12. The van der Waals surface area contributed by atoms with Crippen molar-refractivity contribution >= 4 is 11.3 Å². The number of benzene rings is 1. The number of nitrogens with two attached hydrogens (primary N) is 1. The maximum Gasteiger partial charge on any atom is 0.0775 e. The van der Waals surface area contributed by atoms with E-state index in [4.69, 9.17) is 5.73 Å². The van der Waals surface area contributed by atoms with Gasteiger partial charge in [0, 0.05) is 10.4 Å². The third kappa shape index (κ3) is 2.96. The van der Waals surface area contributed by atoms with Gasteiger partial charge in [-0.05, 0) is 37.2 Å². The molecule has 2 aromatic rings. The quantitative estimate of drug-likeness (QED) is 0.784. The molecule has 0 saturated heterocycles. The first-order valence-electron chi connectivity index (χ1n) is 5.24. The second-order valence-electron chi connectivity index (χ2n) is 3.42. The van der Waals surface area contributed by atoms with Crippen LogP contribution in [-0.4, -0.2) is 6.54 Å². The maximum atomic E-state index is 5.51. The molecule has 1 nitrogen and oxygen atoms in total. The lowest BCUT2D eigenvalue weighted by Crippen LogP contribution is -2.00. The topological polar surface area (TPSA) is 26.0 Å². The Morgan fingerprint density at radius 2 is 1.81 bits per heavy atom. The van der Waals surface area contributed by atoms with Gasteiger partial charge in [-0.1, -0.05) is 30.0 Å². The molecule has 0 unspecified atom stereocenters. The fourth-order valence-corrected chi connectivity index (χ4v) is 2.25. The summed E-state index contributed by atoms with van der Waals surface area (Å²) >= 11 is 1.72. The molecule has 0 amide bonds. The summed E-state index contributed by atoms with van der Waals surface area (Å²) in [6.07, 6.45) is 0.942. The predicted octanol–water partition coefficient (Wildman–Crippen LogP) is 2.65. The van der Waals surface area contributed by atoms with Gasteiger partial charge in [0.15, 0.2) is 0 Å². The summed E-state index contributed by atoms with van der Waals surface area (Å²) in [5.41, 5.74) is 6.56. The molecule has 0 aliphatic carbocycles. The van der Waals surface area contributed by atoms with Crippen molar-refractivity contribution in [1.29, 1.82) is 0 Å². The molecule has 0 aliphatic heterocycles. The van der Waals surface area contributed by atoms with Crippen molar-refractivity contribution in [3.8, 4) is 11.8 Å². The zero-order valence-corrected chi connectivity index (χ0v) is 9.76. The van der Waals surface area contributed by atoms with E-state index in [0.717, 1.165) is 16.9 Å². The van der Waals surface area contributed by atoms with Crippen molar-refractivity contribution in [2.24, 2.45) is 5.73 Å². The van der Waals surface area contributed by atoms with Gasteiger partial charge >= 0.3 is 0 Å². The van der Waals surface area contributed by atoms with E-state index in [2.05, 4.69) is 24.0 Å². The Balaban J connectivity index is 2.12. The van der Waals surface area contributed by atoms with Crippen LogP contribution in [0.1, 0.15) is 15.3 Å². The Hall–Kier alpha value is -1.56. The summed E-state index contributed by atoms with van der Waals surface area (Å²) in [7, 11) is 0. The van der Waals surface area contributed by atoms with Crippen molar-refractivity contribution in [2.75, 3.05) is 6.54 Å². The molecule has 0 aliphatic rings. The summed E-state index contributed by atoms with van der Waals surface area (Å²) in [6, 6.07) is 14.2. The number of thiophene rings is 1. The molecule has 1 aromatic carbocycles. The third-order valence-electron chi connectivity index (χ3n) is 2.16. The second kappa shape index (κ2) is 5.50. The molecule has 2 heteroatoms. The fourth-order valence-electron chi connectivity index (χ4n) is 1.38. The van der Waals surface area contributed by atoms with Crippen LogP contribution in [-0.2, 0) is 6.42 Å². The van der Waals surface area contributed by atoms with Crippen LogP contribution < -0.4 is 5.73 Å². The van der Waals surface area contributed by atoms with Crippen LogP contribution in [0.2, 0.25) is 0 Å². The van der Waals surface area contributed by atoms with Gasteiger partial charge in [0.25, 0.3) is 0 Å². The van der Waals surface area contributed by atoms with Gasteiger partial charge in [0.1, 0.15) is 0 Å². The molecule has 80 valence electrons. The summed E-state index contributed by atoms with van der Waals surface area (Å²) in [6.45, 7) is 0.700. The highest BCUT2D eigenvalue weighted by Crippen LogP contribution is 2.15. The van der Waals surface area contributed by atoms with E-state index in [1.807, 2.05) is 30.3 Å². The Morgan fingerprint density at radius 3 is 2.56 bits per heavy atom. The van der Waals surface area contributed by atoms with Crippen LogP contribution >= 0.6 is 11.3 Å². The van der Waals surface area contributed by atoms with Crippen LogP contribution in [0.5, 0.6) is 0 Å². The van der Waals surface area contributed by atoms with Gasteiger partial charge in [-0.3, -0.25) is 0 Å². The molecule has 16 heavy (non-hydrogen) atoms. The molecule has 0 atom stereocenters. The molecule has 1 heterocycles. The SMILES string of the molecule is NCCc1ccc(C#Cc2ccccc2)s1. The van der Waals surface area contributed by atoms with Gasteiger partial charge in [0.05, 0.1) is 4.88 Å². The Kier molecular flexibility index (Phi) is 3.76. The zero-order chi connectivity index (χ0) is 11.2. The molecule has 0 fully saturated rings. The van der Waals surface area contributed by atoms with E-state index in [0.29, 0.717) is 6.54 Å². The number of rotatable bonds is 2. The first-order valence-corrected chi connectivity index (χ1v) is 6.06. The molecular weight excluding hydrogens is 214 g/mol. The van der Waals surface area contributed by atoms with Gasteiger partial charge in [-0.2, -0.15) is 0 Å². The van der Waals surface area contributed by atoms with Crippen LogP contribution in [0.15, 0.2) is 42.5 Å². The Morgan fingerprint density at radius 1 is 1.00 bits per heavy atom. The molecule has 0 bridgehead atoms.